The van der Waals surface area contributed by atoms with Crippen LogP contribution >= 0.6 is 0 Å². The molecule has 0 aromatic carbocycles. The highest BCUT2D eigenvalue weighted by atomic mass is 16.5. The normalized spacial score (nSPS) is 24.6. The third-order valence-corrected chi connectivity index (χ3v) is 4.57. The molecule has 1 aliphatic heterocycles. The third-order valence-electron chi connectivity index (χ3n) is 4.57. The van der Waals surface area contributed by atoms with Crippen LogP contribution in [0.1, 0.15) is 13.8 Å². The number of carbonyl (C=O) groups excluding carboxylic acids is 3. The van der Waals surface area contributed by atoms with E-state index in [0.717, 1.165) is 4.90 Å². The molecule has 0 N–H and O–H groups in total. The lowest BCUT2D eigenvalue weighted by Crippen LogP contribution is -2.36. The van der Waals surface area contributed by atoms with E-state index in [1.54, 1.807) is 6.08 Å². The molecule has 132 valence electrons. The van der Waals surface area contributed by atoms with E-state index in [0.29, 0.717) is 0 Å². The quantitative estimate of drug-likeness (QED) is 0.231. The molecule has 0 radical (unpaired) electrons. The number of ether oxygens (including phenoxy) is 2. The zero-order chi connectivity index (χ0) is 18.8. The molecule has 0 spiro atoms. The van der Waals surface area contributed by atoms with Gasteiger partial charge in [-0.2, -0.15) is 5.26 Å². The van der Waals surface area contributed by atoms with E-state index in [-0.39, 0.29) is 24.8 Å². The van der Waals surface area contributed by atoms with Crippen molar-refractivity contribution in [2.75, 3.05) is 26.9 Å². The van der Waals surface area contributed by atoms with Crippen molar-refractivity contribution in [3.63, 3.8) is 0 Å². The lowest BCUT2D eigenvalue weighted by Gasteiger charge is -2.15. The van der Waals surface area contributed by atoms with Crippen LogP contribution in [0, 0.1) is 40.9 Å². The Balaban J connectivity index is 1.96. The second kappa shape index (κ2) is 6.86. The first-order valence-electron chi connectivity index (χ1n) is 7.63. The number of terminal acetylenes is 1. The number of rotatable bonds is 6. The summed E-state index contributed by atoms with van der Waals surface area (Å²) in [5.74, 6) is 0.741. The molecule has 1 saturated carbocycles. The molecular weight excluding hydrogens is 326 g/mol. The van der Waals surface area contributed by atoms with Crippen molar-refractivity contribution in [1.29, 1.82) is 5.26 Å². The summed E-state index contributed by atoms with van der Waals surface area (Å²) in [6, 6.07) is 1.32. The van der Waals surface area contributed by atoms with Crippen LogP contribution in [0.3, 0.4) is 0 Å². The fourth-order valence-electron chi connectivity index (χ4n) is 2.93. The van der Waals surface area contributed by atoms with E-state index >= 15 is 0 Å². The first-order valence-corrected chi connectivity index (χ1v) is 7.63. The summed E-state index contributed by atoms with van der Waals surface area (Å²) in [6.07, 6.45) is 6.73. The van der Waals surface area contributed by atoms with Gasteiger partial charge in [-0.25, -0.2) is 9.69 Å². The topological polar surface area (TPSA) is 99.9 Å². The maximum absolute atomic E-state index is 12.3. The van der Waals surface area contributed by atoms with E-state index in [2.05, 4.69) is 5.92 Å². The van der Waals surface area contributed by atoms with Crippen molar-refractivity contribution < 1.29 is 23.9 Å². The van der Waals surface area contributed by atoms with Gasteiger partial charge in [0.1, 0.15) is 12.6 Å². The number of methoxy groups -OCH3 is 1. The molecule has 2 aliphatic rings. The van der Waals surface area contributed by atoms with Gasteiger partial charge in [-0.1, -0.05) is 19.8 Å². The highest BCUT2D eigenvalue weighted by Crippen LogP contribution is 2.59. The largest absolute Gasteiger partial charge is 0.487 e. The minimum absolute atomic E-state index is 0.0193. The van der Waals surface area contributed by atoms with E-state index in [4.69, 9.17) is 21.2 Å². The molecule has 2 fully saturated rings. The molecule has 2 rings (SSSR count). The lowest BCUT2D eigenvalue weighted by molar-refractivity contribution is -0.151. The van der Waals surface area contributed by atoms with E-state index in [1.165, 1.54) is 12.0 Å². The molecule has 8 heteroatoms. The van der Waals surface area contributed by atoms with Gasteiger partial charge < -0.3 is 14.4 Å². The van der Waals surface area contributed by atoms with Gasteiger partial charge >= 0.3 is 12.0 Å². The van der Waals surface area contributed by atoms with Crippen molar-refractivity contribution in [2.45, 2.75) is 13.8 Å². The number of hydrogen-bond acceptors (Lipinski definition) is 6. The van der Waals surface area contributed by atoms with Gasteiger partial charge in [0.2, 0.25) is 0 Å². The number of esters is 1. The Labute approximate surface area is 146 Å². The average molecular weight is 345 g/mol. The highest BCUT2D eigenvalue weighted by Gasteiger charge is 2.62. The minimum Gasteiger partial charge on any atom is -0.487 e. The van der Waals surface area contributed by atoms with E-state index < -0.39 is 36.0 Å². The molecule has 0 unspecified atom stereocenters. The van der Waals surface area contributed by atoms with Crippen LogP contribution in [0.4, 0.5) is 4.79 Å². The van der Waals surface area contributed by atoms with Crippen LogP contribution in [0.2, 0.25) is 0 Å². The number of amides is 3. The lowest BCUT2D eigenvalue weighted by atomic mass is 10.1. The van der Waals surface area contributed by atoms with Crippen molar-refractivity contribution in [2.24, 2.45) is 17.3 Å². The third kappa shape index (κ3) is 3.43. The monoisotopic (exact) mass is 345 g/mol. The van der Waals surface area contributed by atoms with Crippen LogP contribution in [-0.4, -0.2) is 54.6 Å². The van der Waals surface area contributed by atoms with Gasteiger partial charge in [-0.05, 0) is 11.5 Å². The van der Waals surface area contributed by atoms with Crippen molar-refractivity contribution in [3.05, 3.63) is 11.8 Å². The molecule has 1 aliphatic carbocycles. The van der Waals surface area contributed by atoms with Gasteiger partial charge in [0.15, 0.2) is 12.5 Å². The summed E-state index contributed by atoms with van der Waals surface area (Å²) in [5.41, 5.74) is -0.397. The van der Waals surface area contributed by atoms with Gasteiger partial charge in [0.25, 0.3) is 5.91 Å². The number of hydrogen-bond donors (Lipinski definition) is 0. The maximum atomic E-state index is 12.3. The smallest absolute Gasteiger partial charge is 0.330 e. The Hall–Kier alpha value is -3.00. The predicted molar refractivity (Wildman–Crippen MR) is 85.1 cm³/mol. The molecule has 1 saturated heterocycles. The van der Waals surface area contributed by atoms with Gasteiger partial charge in [-0.3, -0.25) is 9.59 Å². The Morgan fingerprint density at radius 1 is 1.48 bits per heavy atom. The highest BCUT2D eigenvalue weighted by molar-refractivity contribution is 6.02. The summed E-state index contributed by atoms with van der Waals surface area (Å²) in [7, 11) is 1.38. The number of allylic oxidation sites excluding steroid dienone is 2. The van der Waals surface area contributed by atoms with Crippen molar-refractivity contribution in [1.82, 2.24) is 9.80 Å². The van der Waals surface area contributed by atoms with Crippen LogP contribution in [-0.2, 0) is 19.1 Å². The van der Waals surface area contributed by atoms with Crippen LogP contribution in [0.5, 0.6) is 0 Å². The molecule has 0 aromatic heterocycles. The zero-order valence-corrected chi connectivity index (χ0v) is 14.3. The Kier molecular flexibility index (Phi) is 5.03. The predicted octanol–water partition coefficient (Wildman–Crippen LogP) is 0.711. The van der Waals surface area contributed by atoms with Crippen molar-refractivity contribution in [3.8, 4) is 18.4 Å². The second-order valence-electron chi connectivity index (χ2n) is 6.43. The van der Waals surface area contributed by atoms with Gasteiger partial charge in [0.05, 0.1) is 19.6 Å². The van der Waals surface area contributed by atoms with E-state index in [1.807, 2.05) is 19.9 Å². The minimum atomic E-state index is -0.576. The molecule has 2 atom stereocenters. The Bertz CT molecular complexity index is 713. The number of urea groups is 1. The fourth-order valence-corrected chi connectivity index (χ4v) is 2.93. The number of nitrogens with zero attached hydrogens (tertiary/aromatic N) is 3. The molecule has 3 amide bonds. The first kappa shape index (κ1) is 18.3. The average Bonchev–Trinajstić information content (AvgIpc) is 3.00. The molecular formula is C17H19N3O5. The second-order valence-corrected chi connectivity index (χ2v) is 6.43. The number of carbonyl (C=O) groups is 3. The fraction of sp³-hybridized carbons (Fsp3) is 0.529. The number of nitriles is 1. The molecule has 8 nitrogen and oxygen atoms in total. The molecule has 0 bridgehead atoms. The van der Waals surface area contributed by atoms with Crippen molar-refractivity contribution >= 4 is 17.9 Å². The summed E-state index contributed by atoms with van der Waals surface area (Å²) < 4.78 is 10.1. The summed E-state index contributed by atoms with van der Waals surface area (Å²) in [5, 5.41) is 8.91. The Morgan fingerprint density at radius 3 is 2.72 bits per heavy atom. The molecule has 25 heavy (non-hydrogen) atoms. The molecule has 0 aromatic rings. The maximum Gasteiger partial charge on any atom is 0.330 e. The number of imide groups is 1. The molecule has 1 heterocycles. The zero-order valence-electron chi connectivity index (χ0n) is 14.3. The van der Waals surface area contributed by atoms with Crippen LogP contribution < -0.4 is 0 Å². The summed E-state index contributed by atoms with van der Waals surface area (Å²) in [6.45, 7) is 3.18. The van der Waals surface area contributed by atoms with Gasteiger partial charge in [0, 0.05) is 5.92 Å². The van der Waals surface area contributed by atoms with E-state index in [9.17, 15) is 14.4 Å². The first-order chi connectivity index (χ1) is 11.8. The Morgan fingerprint density at radius 2 is 2.16 bits per heavy atom. The standard InChI is InChI=1S/C17H19N3O5/c1-5-6-19-9-13(21)20(16(19)23)10-25-15(22)14-12(17(14,2)3)7-11(8-18)24-4/h1,7,12,14H,6,9-10H2,2-4H3/b11-7+/t12-,14+/m1/s1. The van der Waals surface area contributed by atoms with Gasteiger partial charge in [-0.15, -0.1) is 6.42 Å². The van der Waals surface area contributed by atoms with Crippen LogP contribution in [0.25, 0.3) is 0 Å². The van der Waals surface area contributed by atoms with Crippen LogP contribution in [0.15, 0.2) is 11.8 Å². The summed E-state index contributed by atoms with van der Waals surface area (Å²) in [4.78, 5) is 38.2. The SMILES string of the molecule is C#CCN1CC(=O)N(COC(=O)[C@@H]2[C@@H](/C=C(\C#N)OC)C2(C)C)C1=O. The summed E-state index contributed by atoms with van der Waals surface area (Å²) >= 11 is 0.